The molecule has 33 heavy (non-hydrogen) atoms. The Kier molecular flexibility index (Phi) is 8.66. The van der Waals surface area contributed by atoms with Crippen molar-refractivity contribution in [1.29, 1.82) is 0 Å². The van der Waals surface area contributed by atoms with E-state index >= 15 is 0 Å². The van der Waals surface area contributed by atoms with E-state index in [0.717, 1.165) is 19.4 Å². The third kappa shape index (κ3) is 7.38. The van der Waals surface area contributed by atoms with Gasteiger partial charge in [0.05, 0.1) is 5.75 Å². The molecule has 2 fully saturated rings. The first-order valence-corrected chi connectivity index (χ1v) is 13.0. The Hall–Kier alpha value is -2.24. The second-order valence-electron chi connectivity index (χ2n) is 8.77. The van der Waals surface area contributed by atoms with Gasteiger partial charge in [-0.2, -0.15) is 0 Å². The SMILES string of the molecule is CC(NS(=O)(=O)CCCCCN1CC(=O)NC1=O)c1ccc(F)c(OC[C@@H]2CCCN2C)c1. The van der Waals surface area contributed by atoms with E-state index in [2.05, 4.69) is 14.9 Å². The number of rotatable bonds is 12. The van der Waals surface area contributed by atoms with Crippen LogP contribution in [0.3, 0.4) is 0 Å². The maximum atomic E-state index is 14.2. The minimum atomic E-state index is -3.54. The number of sulfonamides is 1. The highest BCUT2D eigenvalue weighted by molar-refractivity contribution is 7.89. The van der Waals surface area contributed by atoms with Crippen LogP contribution in [0.5, 0.6) is 5.75 Å². The molecule has 2 heterocycles. The molecule has 184 valence electrons. The molecule has 1 unspecified atom stereocenters. The Morgan fingerprint density at radius 3 is 2.73 bits per heavy atom. The summed E-state index contributed by atoms with van der Waals surface area (Å²) in [5.41, 5.74) is 0.625. The van der Waals surface area contributed by atoms with E-state index in [9.17, 15) is 22.4 Å². The lowest BCUT2D eigenvalue weighted by Gasteiger charge is -2.21. The summed E-state index contributed by atoms with van der Waals surface area (Å²) in [7, 11) is -1.52. The summed E-state index contributed by atoms with van der Waals surface area (Å²) in [5.74, 6) is -0.715. The number of amides is 3. The Morgan fingerprint density at radius 2 is 2.06 bits per heavy atom. The van der Waals surface area contributed by atoms with Crippen molar-refractivity contribution < 1.29 is 27.1 Å². The van der Waals surface area contributed by atoms with E-state index in [-0.39, 0.29) is 30.0 Å². The molecule has 0 saturated carbocycles. The lowest BCUT2D eigenvalue weighted by Crippen LogP contribution is -2.31. The van der Waals surface area contributed by atoms with Crippen molar-refractivity contribution >= 4 is 22.0 Å². The van der Waals surface area contributed by atoms with Gasteiger partial charge in [0.25, 0.3) is 0 Å². The molecular formula is C22H33FN4O5S. The van der Waals surface area contributed by atoms with Crippen LogP contribution in [0.2, 0.25) is 0 Å². The van der Waals surface area contributed by atoms with Gasteiger partial charge in [0.15, 0.2) is 11.6 Å². The highest BCUT2D eigenvalue weighted by Crippen LogP contribution is 2.25. The monoisotopic (exact) mass is 484 g/mol. The fourth-order valence-electron chi connectivity index (χ4n) is 4.11. The van der Waals surface area contributed by atoms with Crippen LogP contribution in [0.1, 0.15) is 50.6 Å². The molecule has 9 nitrogen and oxygen atoms in total. The molecule has 11 heteroatoms. The molecule has 0 radical (unpaired) electrons. The topological polar surface area (TPSA) is 108 Å². The van der Waals surface area contributed by atoms with E-state index in [1.54, 1.807) is 19.1 Å². The average molecular weight is 485 g/mol. The third-order valence-corrected chi connectivity index (χ3v) is 7.66. The number of unbranched alkanes of at least 4 members (excludes halogenated alkanes) is 2. The molecular weight excluding hydrogens is 451 g/mol. The third-order valence-electron chi connectivity index (χ3n) is 6.12. The van der Waals surface area contributed by atoms with Crippen molar-refractivity contribution in [3.63, 3.8) is 0 Å². The highest BCUT2D eigenvalue weighted by atomic mass is 32.2. The molecule has 3 amide bonds. The summed E-state index contributed by atoms with van der Waals surface area (Å²) >= 11 is 0. The second kappa shape index (κ2) is 11.3. The van der Waals surface area contributed by atoms with Crippen molar-refractivity contribution in [3.8, 4) is 5.75 Å². The first-order chi connectivity index (χ1) is 15.6. The van der Waals surface area contributed by atoms with Crippen molar-refractivity contribution in [2.24, 2.45) is 0 Å². The Labute approximate surface area is 194 Å². The van der Waals surface area contributed by atoms with Crippen LogP contribution in [0, 0.1) is 5.82 Å². The first-order valence-electron chi connectivity index (χ1n) is 11.4. The van der Waals surface area contributed by atoms with Crippen LogP contribution >= 0.6 is 0 Å². The minimum Gasteiger partial charge on any atom is -0.489 e. The zero-order valence-electron chi connectivity index (χ0n) is 19.2. The van der Waals surface area contributed by atoms with Crippen molar-refractivity contribution in [2.45, 2.75) is 51.1 Å². The number of urea groups is 1. The van der Waals surface area contributed by atoms with E-state index < -0.39 is 27.9 Å². The Morgan fingerprint density at radius 1 is 1.27 bits per heavy atom. The van der Waals surface area contributed by atoms with Crippen LogP contribution in [-0.2, 0) is 14.8 Å². The zero-order chi connectivity index (χ0) is 24.0. The molecule has 0 bridgehead atoms. The number of benzene rings is 1. The number of imide groups is 1. The Bertz CT molecular complexity index is 958. The fraction of sp³-hybridized carbons (Fsp3) is 0.636. The van der Waals surface area contributed by atoms with Gasteiger partial charge < -0.3 is 14.5 Å². The van der Waals surface area contributed by atoms with Gasteiger partial charge in [-0.1, -0.05) is 12.5 Å². The maximum Gasteiger partial charge on any atom is 0.324 e. The van der Waals surface area contributed by atoms with Gasteiger partial charge in [-0.15, -0.1) is 0 Å². The second-order valence-corrected chi connectivity index (χ2v) is 10.6. The largest absolute Gasteiger partial charge is 0.489 e. The van der Waals surface area contributed by atoms with Gasteiger partial charge in [0.1, 0.15) is 13.2 Å². The van der Waals surface area contributed by atoms with Crippen molar-refractivity contribution in [1.82, 2.24) is 19.8 Å². The van der Waals surface area contributed by atoms with Gasteiger partial charge in [-0.05, 0) is 63.9 Å². The first kappa shape index (κ1) is 25.4. The Balaban J connectivity index is 1.44. The lowest BCUT2D eigenvalue weighted by molar-refractivity contribution is -0.118. The lowest BCUT2D eigenvalue weighted by atomic mass is 10.1. The number of nitrogens with one attached hydrogen (secondary N) is 2. The van der Waals surface area contributed by atoms with Crippen LogP contribution in [-0.4, -0.2) is 75.2 Å². The van der Waals surface area contributed by atoms with Crippen LogP contribution < -0.4 is 14.8 Å². The molecule has 2 saturated heterocycles. The molecule has 0 aromatic heterocycles. The molecule has 0 aliphatic carbocycles. The molecule has 2 atom stereocenters. The summed E-state index contributed by atoms with van der Waals surface area (Å²) in [6, 6.07) is 3.73. The molecule has 2 aliphatic rings. The summed E-state index contributed by atoms with van der Waals surface area (Å²) in [6.45, 7) is 3.57. The number of nitrogens with zero attached hydrogens (tertiary/aromatic N) is 2. The minimum absolute atomic E-state index is 0.0525. The van der Waals surface area contributed by atoms with Crippen LogP contribution in [0.4, 0.5) is 9.18 Å². The van der Waals surface area contributed by atoms with E-state index in [0.29, 0.717) is 38.0 Å². The normalized spacial score (nSPS) is 20.3. The molecule has 2 N–H and O–H groups in total. The number of likely N-dealkylation sites (N-methyl/N-ethyl adjacent to an activating group) is 1. The van der Waals surface area contributed by atoms with E-state index in [4.69, 9.17) is 4.74 Å². The number of hydrogen-bond donors (Lipinski definition) is 2. The number of hydrogen-bond acceptors (Lipinski definition) is 6. The number of ether oxygens (including phenoxy) is 1. The van der Waals surface area contributed by atoms with Gasteiger partial charge in [0.2, 0.25) is 15.9 Å². The molecule has 0 spiro atoms. The van der Waals surface area contributed by atoms with Gasteiger partial charge in [-0.25, -0.2) is 22.3 Å². The van der Waals surface area contributed by atoms with Crippen LogP contribution in [0.25, 0.3) is 0 Å². The number of carbonyl (C=O) groups excluding carboxylic acids is 2. The van der Waals surface area contributed by atoms with Crippen molar-refractivity contribution in [3.05, 3.63) is 29.6 Å². The molecule has 1 aromatic carbocycles. The van der Waals surface area contributed by atoms with Crippen molar-refractivity contribution in [2.75, 3.05) is 39.0 Å². The number of likely N-dealkylation sites (tertiary alicyclic amines) is 1. The summed E-state index contributed by atoms with van der Waals surface area (Å²) in [4.78, 5) is 26.3. The van der Waals surface area contributed by atoms with Gasteiger partial charge >= 0.3 is 6.03 Å². The highest BCUT2D eigenvalue weighted by Gasteiger charge is 2.26. The van der Waals surface area contributed by atoms with E-state index in [1.165, 1.54) is 11.0 Å². The zero-order valence-corrected chi connectivity index (χ0v) is 20.0. The number of halogens is 1. The van der Waals surface area contributed by atoms with Gasteiger partial charge in [-0.3, -0.25) is 10.1 Å². The van der Waals surface area contributed by atoms with Gasteiger partial charge in [0, 0.05) is 18.6 Å². The number of carbonyl (C=O) groups is 2. The summed E-state index contributed by atoms with van der Waals surface area (Å²) in [6.07, 6.45) is 3.76. The average Bonchev–Trinajstić information content (AvgIpc) is 3.30. The summed E-state index contributed by atoms with van der Waals surface area (Å²) in [5, 5.41) is 2.21. The predicted octanol–water partition coefficient (Wildman–Crippen LogP) is 2.00. The maximum absolute atomic E-state index is 14.2. The van der Waals surface area contributed by atoms with E-state index in [1.807, 2.05) is 7.05 Å². The molecule has 1 aromatic rings. The molecule has 2 aliphatic heterocycles. The standard InChI is InChI=1S/C22H33FN4O5S/c1-16(17-8-9-19(23)20(13-17)32-15-18-7-6-10-26(18)2)25-33(30,31)12-5-3-4-11-27-14-21(28)24-22(27)29/h8-9,13,16,18,25H,3-7,10-12,14-15H2,1-2H3,(H,24,28,29)/t16?,18-/m0/s1. The smallest absolute Gasteiger partial charge is 0.324 e. The molecule has 3 rings (SSSR count). The predicted molar refractivity (Wildman–Crippen MR) is 122 cm³/mol. The fourth-order valence-corrected chi connectivity index (χ4v) is 5.48. The quantitative estimate of drug-likeness (QED) is 0.347. The van der Waals surface area contributed by atoms with Crippen LogP contribution in [0.15, 0.2) is 18.2 Å². The summed E-state index contributed by atoms with van der Waals surface area (Å²) < 4.78 is 47.5.